The van der Waals surface area contributed by atoms with Crippen LogP contribution in [0.15, 0.2) is 6.07 Å². The first-order valence-electron chi connectivity index (χ1n) is 3.44. The van der Waals surface area contributed by atoms with Crippen molar-refractivity contribution in [1.82, 2.24) is 4.98 Å². The van der Waals surface area contributed by atoms with Gasteiger partial charge in [0.15, 0.2) is 0 Å². The minimum atomic E-state index is -4.97. The van der Waals surface area contributed by atoms with Crippen LogP contribution in [0.3, 0.4) is 0 Å². The fraction of sp³-hybridized carbons (Fsp3) is 0.286. The van der Waals surface area contributed by atoms with Gasteiger partial charge in [-0.15, -0.1) is 0 Å². The fourth-order valence-corrected chi connectivity index (χ4v) is 1.31. The van der Waals surface area contributed by atoms with Gasteiger partial charge in [-0.05, 0) is 28.7 Å². The first kappa shape index (κ1) is 12.5. The van der Waals surface area contributed by atoms with Crippen molar-refractivity contribution < 1.29 is 26.3 Å². The van der Waals surface area contributed by atoms with Crippen molar-refractivity contribution in [2.75, 3.05) is 0 Å². The number of pyridine rings is 1. The van der Waals surface area contributed by atoms with Gasteiger partial charge >= 0.3 is 6.18 Å². The Morgan fingerprint density at radius 2 is 1.80 bits per heavy atom. The highest BCUT2D eigenvalue weighted by Crippen LogP contribution is 2.36. The number of halogens is 7. The van der Waals surface area contributed by atoms with Crippen molar-refractivity contribution >= 4 is 22.6 Å². The van der Waals surface area contributed by atoms with E-state index in [0.717, 1.165) is 0 Å². The van der Waals surface area contributed by atoms with Gasteiger partial charge < -0.3 is 0 Å². The van der Waals surface area contributed by atoms with Crippen molar-refractivity contribution in [3.63, 3.8) is 0 Å². The van der Waals surface area contributed by atoms with E-state index in [9.17, 15) is 26.3 Å². The standard InChI is InChI=1S/C7H2F6IN/c8-5(9)4-2(7(11,12)13)1-3(14)6(10)15-4/h1,5H. The zero-order valence-corrected chi connectivity index (χ0v) is 8.91. The second-order valence-electron chi connectivity index (χ2n) is 2.49. The van der Waals surface area contributed by atoms with Crippen LogP contribution in [0.1, 0.15) is 17.7 Å². The minimum absolute atomic E-state index is 0.310. The lowest BCUT2D eigenvalue weighted by molar-refractivity contribution is -0.140. The van der Waals surface area contributed by atoms with E-state index in [0.29, 0.717) is 6.07 Å². The maximum Gasteiger partial charge on any atom is 0.418 e. The number of rotatable bonds is 1. The maximum absolute atomic E-state index is 12.7. The molecule has 0 bridgehead atoms. The van der Waals surface area contributed by atoms with Gasteiger partial charge in [0.1, 0.15) is 5.69 Å². The molecule has 0 aromatic carbocycles. The lowest BCUT2D eigenvalue weighted by atomic mass is 10.2. The van der Waals surface area contributed by atoms with Crippen LogP contribution >= 0.6 is 22.6 Å². The predicted octanol–water partition coefficient (Wildman–Crippen LogP) is 3.78. The fourth-order valence-electron chi connectivity index (χ4n) is 0.873. The Morgan fingerprint density at radius 3 is 2.20 bits per heavy atom. The molecule has 0 unspecified atom stereocenters. The zero-order chi connectivity index (χ0) is 11.8. The SMILES string of the molecule is Fc1nc(C(F)F)c(C(F)(F)F)cc1I. The summed E-state index contributed by atoms with van der Waals surface area (Å²) in [5.41, 5.74) is -3.19. The van der Waals surface area contributed by atoms with Crippen LogP contribution in [-0.2, 0) is 6.18 Å². The first-order valence-corrected chi connectivity index (χ1v) is 4.52. The van der Waals surface area contributed by atoms with E-state index in [-0.39, 0.29) is 0 Å². The van der Waals surface area contributed by atoms with Crippen LogP contribution in [0.25, 0.3) is 0 Å². The molecule has 0 radical (unpaired) electrons. The minimum Gasteiger partial charge on any atom is -0.217 e. The molecule has 0 aliphatic rings. The average molecular weight is 341 g/mol. The summed E-state index contributed by atoms with van der Waals surface area (Å²) in [6, 6.07) is 0.310. The highest BCUT2D eigenvalue weighted by Gasteiger charge is 2.37. The molecule has 1 rings (SSSR count). The second-order valence-corrected chi connectivity index (χ2v) is 3.65. The van der Waals surface area contributed by atoms with Crippen molar-refractivity contribution in [2.45, 2.75) is 12.6 Å². The Hall–Kier alpha value is -0.540. The predicted molar refractivity (Wildman–Crippen MR) is 46.9 cm³/mol. The summed E-state index contributed by atoms with van der Waals surface area (Å²) in [5.74, 6) is -1.33. The van der Waals surface area contributed by atoms with Crippen LogP contribution in [0.2, 0.25) is 0 Å². The molecule has 84 valence electrons. The van der Waals surface area contributed by atoms with E-state index in [1.54, 1.807) is 0 Å². The normalized spacial score (nSPS) is 12.3. The molecule has 1 aromatic rings. The van der Waals surface area contributed by atoms with Crippen LogP contribution in [0.4, 0.5) is 26.3 Å². The Balaban J connectivity index is 3.42. The average Bonchev–Trinajstić information content (AvgIpc) is 2.06. The summed E-state index contributed by atoms with van der Waals surface area (Å²) >= 11 is 1.25. The summed E-state index contributed by atoms with van der Waals surface area (Å²) in [6.07, 6.45) is -8.43. The number of hydrogen-bond donors (Lipinski definition) is 0. The molecule has 0 saturated heterocycles. The number of alkyl halides is 5. The molecule has 0 N–H and O–H groups in total. The molecule has 0 aliphatic carbocycles. The Labute approximate surface area is 93.6 Å². The molecular weight excluding hydrogens is 339 g/mol. The maximum atomic E-state index is 12.7. The Bertz CT molecular complexity index is 374. The molecule has 1 nitrogen and oxygen atoms in total. The van der Waals surface area contributed by atoms with Crippen LogP contribution < -0.4 is 0 Å². The van der Waals surface area contributed by atoms with Gasteiger partial charge in [0, 0.05) is 0 Å². The van der Waals surface area contributed by atoms with E-state index in [4.69, 9.17) is 0 Å². The summed E-state index contributed by atoms with van der Waals surface area (Å²) in [6.45, 7) is 0. The second kappa shape index (κ2) is 4.14. The highest BCUT2D eigenvalue weighted by atomic mass is 127. The lowest BCUT2D eigenvalue weighted by Gasteiger charge is -2.11. The summed E-state index contributed by atoms with van der Waals surface area (Å²) in [5, 5.41) is 0. The third-order valence-corrected chi connectivity index (χ3v) is 2.23. The monoisotopic (exact) mass is 341 g/mol. The molecule has 0 aliphatic heterocycles. The third-order valence-electron chi connectivity index (χ3n) is 1.47. The van der Waals surface area contributed by atoms with Gasteiger partial charge in [-0.25, -0.2) is 13.8 Å². The zero-order valence-electron chi connectivity index (χ0n) is 6.75. The number of aromatic nitrogens is 1. The van der Waals surface area contributed by atoms with Gasteiger partial charge in [-0.3, -0.25) is 0 Å². The van der Waals surface area contributed by atoms with Gasteiger partial charge in [-0.2, -0.15) is 17.6 Å². The molecule has 0 atom stereocenters. The largest absolute Gasteiger partial charge is 0.418 e. The molecule has 0 saturated carbocycles. The third kappa shape index (κ3) is 2.73. The van der Waals surface area contributed by atoms with Gasteiger partial charge in [0.25, 0.3) is 6.43 Å². The number of hydrogen-bond acceptors (Lipinski definition) is 1. The van der Waals surface area contributed by atoms with E-state index in [1.165, 1.54) is 22.6 Å². The molecule has 0 fully saturated rings. The molecule has 1 aromatic heterocycles. The molecule has 0 amide bonds. The Morgan fingerprint density at radius 1 is 1.27 bits per heavy atom. The smallest absolute Gasteiger partial charge is 0.217 e. The Kier molecular flexibility index (Phi) is 3.46. The lowest BCUT2D eigenvalue weighted by Crippen LogP contribution is -2.13. The van der Waals surface area contributed by atoms with Crippen molar-refractivity contribution in [2.24, 2.45) is 0 Å². The first-order chi connectivity index (χ1) is 6.73. The van der Waals surface area contributed by atoms with Crippen LogP contribution in [0.5, 0.6) is 0 Å². The van der Waals surface area contributed by atoms with Gasteiger partial charge in [0.05, 0.1) is 9.13 Å². The van der Waals surface area contributed by atoms with Crippen LogP contribution in [-0.4, -0.2) is 4.98 Å². The summed E-state index contributed by atoms with van der Waals surface area (Å²) in [7, 11) is 0. The van der Waals surface area contributed by atoms with E-state index in [2.05, 4.69) is 4.98 Å². The van der Waals surface area contributed by atoms with E-state index >= 15 is 0 Å². The molecule has 15 heavy (non-hydrogen) atoms. The van der Waals surface area contributed by atoms with Gasteiger partial charge in [0.2, 0.25) is 5.95 Å². The topological polar surface area (TPSA) is 12.9 Å². The summed E-state index contributed by atoms with van der Waals surface area (Å²) < 4.78 is 73.2. The van der Waals surface area contributed by atoms with Gasteiger partial charge in [-0.1, -0.05) is 0 Å². The van der Waals surface area contributed by atoms with E-state index < -0.39 is 33.4 Å². The summed E-state index contributed by atoms with van der Waals surface area (Å²) in [4.78, 5) is 2.59. The van der Waals surface area contributed by atoms with Crippen molar-refractivity contribution in [1.29, 1.82) is 0 Å². The van der Waals surface area contributed by atoms with Crippen molar-refractivity contribution in [3.05, 3.63) is 26.8 Å². The molecule has 1 heterocycles. The van der Waals surface area contributed by atoms with Crippen LogP contribution in [0, 0.1) is 9.52 Å². The molecule has 8 heteroatoms. The van der Waals surface area contributed by atoms with E-state index in [1.807, 2.05) is 0 Å². The quantitative estimate of drug-likeness (QED) is 0.430. The molecule has 0 spiro atoms. The van der Waals surface area contributed by atoms with Crippen molar-refractivity contribution in [3.8, 4) is 0 Å². The molecular formula is C7H2F6IN. The number of nitrogens with zero attached hydrogens (tertiary/aromatic N) is 1. The highest BCUT2D eigenvalue weighted by molar-refractivity contribution is 14.1.